The maximum atomic E-state index is 12.0. The van der Waals surface area contributed by atoms with Crippen LogP contribution in [-0.4, -0.2) is 38.2 Å². The second-order valence-corrected chi connectivity index (χ2v) is 9.71. The molecule has 0 aliphatic carbocycles. The standard InChI is InChI=1S/C24H40N4O2.HI/c1-17(2)13-21(29)28-20-11-7-9-18(14-20)15-26-23(25-6)27-16-19-10-8-12-30-22(19)24(3,4)5;/h7,9,11,14,17,19,22H,8,10,12-13,15-16H2,1-6H3,(H,28,29)(H2,25,26,27);1H. The number of benzene rings is 1. The Labute approximate surface area is 205 Å². The Hall–Kier alpha value is -1.35. The molecule has 1 saturated heterocycles. The number of carbonyl (C=O) groups is 1. The Morgan fingerprint density at radius 2 is 2.00 bits per heavy atom. The van der Waals surface area contributed by atoms with E-state index in [-0.39, 0.29) is 41.4 Å². The zero-order chi connectivity index (χ0) is 22.1. The molecule has 2 atom stereocenters. The summed E-state index contributed by atoms with van der Waals surface area (Å²) in [6.07, 6.45) is 3.06. The van der Waals surface area contributed by atoms with Crippen molar-refractivity contribution in [1.29, 1.82) is 0 Å². The summed E-state index contributed by atoms with van der Waals surface area (Å²) >= 11 is 0. The highest BCUT2D eigenvalue weighted by Crippen LogP contribution is 2.33. The maximum absolute atomic E-state index is 12.0. The lowest BCUT2D eigenvalue weighted by Gasteiger charge is -2.40. The van der Waals surface area contributed by atoms with Crippen molar-refractivity contribution in [2.24, 2.45) is 22.2 Å². The molecular weight excluding hydrogens is 503 g/mol. The van der Waals surface area contributed by atoms with E-state index in [0.717, 1.165) is 36.8 Å². The van der Waals surface area contributed by atoms with E-state index < -0.39 is 0 Å². The lowest BCUT2D eigenvalue weighted by molar-refractivity contribution is -0.116. The highest BCUT2D eigenvalue weighted by atomic mass is 127. The second kappa shape index (κ2) is 13.3. The van der Waals surface area contributed by atoms with Crippen LogP contribution in [0.15, 0.2) is 29.3 Å². The van der Waals surface area contributed by atoms with Crippen LogP contribution in [0.3, 0.4) is 0 Å². The van der Waals surface area contributed by atoms with Gasteiger partial charge in [0.25, 0.3) is 0 Å². The van der Waals surface area contributed by atoms with Gasteiger partial charge in [-0.3, -0.25) is 9.79 Å². The van der Waals surface area contributed by atoms with Gasteiger partial charge in [-0.05, 0) is 41.9 Å². The third-order valence-electron chi connectivity index (χ3n) is 5.32. The molecule has 31 heavy (non-hydrogen) atoms. The molecule has 1 amide bonds. The summed E-state index contributed by atoms with van der Waals surface area (Å²) in [6, 6.07) is 7.93. The number of ether oxygens (including phenoxy) is 1. The van der Waals surface area contributed by atoms with E-state index in [1.807, 2.05) is 38.1 Å². The number of anilines is 1. The Kier molecular flexibility index (Phi) is 11.8. The van der Waals surface area contributed by atoms with Crippen molar-refractivity contribution >= 4 is 41.5 Å². The first kappa shape index (κ1) is 27.7. The molecule has 176 valence electrons. The summed E-state index contributed by atoms with van der Waals surface area (Å²) in [5.41, 5.74) is 2.05. The van der Waals surface area contributed by atoms with Crippen LogP contribution in [0.1, 0.15) is 59.4 Å². The largest absolute Gasteiger partial charge is 0.377 e. The van der Waals surface area contributed by atoms with Gasteiger partial charge in [-0.2, -0.15) is 0 Å². The lowest BCUT2D eigenvalue weighted by Crippen LogP contribution is -2.47. The molecule has 0 bridgehead atoms. The van der Waals surface area contributed by atoms with E-state index in [9.17, 15) is 4.79 Å². The van der Waals surface area contributed by atoms with Crippen molar-refractivity contribution in [2.45, 2.75) is 66.5 Å². The van der Waals surface area contributed by atoms with Gasteiger partial charge < -0.3 is 20.7 Å². The van der Waals surface area contributed by atoms with Crippen LogP contribution >= 0.6 is 24.0 Å². The van der Waals surface area contributed by atoms with Crippen LogP contribution in [0, 0.1) is 17.3 Å². The van der Waals surface area contributed by atoms with E-state index in [1.54, 1.807) is 7.05 Å². The van der Waals surface area contributed by atoms with Gasteiger partial charge in [0.05, 0.1) is 6.10 Å². The van der Waals surface area contributed by atoms with Crippen LogP contribution < -0.4 is 16.0 Å². The number of hydrogen-bond acceptors (Lipinski definition) is 3. The zero-order valence-electron chi connectivity index (χ0n) is 20.0. The molecule has 1 aliphatic rings. The molecule has 1 aromatic rings. The number of amides is 1. The predicted molar refractivity (Wildman–Crippen MR) is 140 cm³/mol. The van der Waals surface area contributed by atoms with Crippen molar-refractivity contribution in [1.82, 2.24) is 10.6 Å². The summed E-state index contributed by atoms with van der Waals surface area (Å²) in [6.45, 7) is 13.2. The molecule has 0 radical (unpaired) electrons. The molecular formula is C24H41IN4O2. The smallest absolute Gasteiger partial charge is 0.224 e. The van der Waals surface area contributed by atoms with Gasteiger partial charge in [0.1, 0.15) is 0 Å². The van der Waals surface area contributed by atoms with Gasteiger partial charge in [-0.1, -0.05) is 46.8 Å². The van der Waals surface area contributed by atoms with Crippen molar-refractivity contribution in [2.75, 3.05) is 25.5 Å². The van der Waals surface area contributed by atoms with Gasteiger partial charge >= 0.3 is 0 Å². The summed E-state index contributed by atoms with van der Waals surface area (Å²) in [5.74, 6) is 1.65. The zero-order valence-corrected chi connectivity index (χ0v) is 22.3. The van der Waals surface area contributed by atoms with Crippen molar-refractivity contribution in [3.63, 3.8) is 0 Å². The Balaban J connectivity index is 0.00000480. The van der Waals surface area contributed by atoms with Gasteiger partial charge in [-0.25, -0.2) is 0 Å². The quantitative estimate of drug-likeness (QED) is 0.262. The fourth-order valence-corrected chi connectivity index (χ4v) is 3.99. The number of hydrogen-bond donors (Lipinski definition) is 3. The SMILES string of the molecule is CN=C(NCc1cccc(NC(=O)CC(C)C)c1)NCC1CCCOC1C(C)(C)C.I. The van der Waals surface area contributed by atoms with Crippen LogP contribution in [-0.2, 0) is 16.1 Å². The Morgan fingerprint density at radius 1 is 1.26 bits per heavy atom. The first-order valence-corrected chi connectivity index (χ1v) is 11.1. The lowest BCUT2D eigenvalue weighted by atomic mass is 9.78. The van der Waals surface area contributed by atoms with Gasteiger partial charge in [0.2, 0.25) is 5.91 Å². The fraction of sp³-hybridized carbons (Fsp3) is 0.667. The van der Waals surface area contributed by atoms with E-state index in [1.165, 1.54) is 6.42 Å². The third kappa shape index (κ3) is 9.76. The monoisotopic (exact) mass is 544 g/mol. The summed E-state index contributed by atoms with van der Waals surface area (Å²) < 4.78 is 6.08. The average Bonchev–Trinajstić information content (AvgIpc) is 2.67. The predicted octanol–water partition coefficient (Wildman–Crippen LogP) is 4.80. The number of aliphatic imine (C=N–C) groups is 1. The summed E-state index contributed by atoms with van der Waals surface area (Å²) in [5, 5.41) is 9.82. The van der Waals surface area contributed by atoms with E-state index >= 15 is 0 Å². The van der Waals surface area contributed by atoms with Gasteiger partial charge in [0.15, 0.2) is 5.96 Å². The van der Waals surface area contributed by atoms with Gasteiger partial charge in [-0.15, -0.1) is 24.0 Å². The number of carbonyl (C=O) groups excluding carboxylic acids is 1. The van der Waals surface area contributed by atoms with Crippen LogP contribution in [0.5, 0.6) is 0 Å². The molecule has 0 saturated carbocycles. The average molecular weight is 545 g/mol. The normalized spacial score (nSPS) is 19.5. The molecule has 1 heterocycles. The van der Waals surface area contributed by atoms with Crippen LogP contribution in [0.2, 0.25) is 0 Å². The van der Waals surface area contributed by atoms with Crippen molar-refractivity contribution in [3.05, 3.63) is 29.8 Å². The number of guanidine groups is 1. The molecule has 6 nitrogen and oxygen atoms in total. The van der Waals surface area contributed by atoms with Crippen LogP contribution in [0.25, 0.3) is 0 Å². The molecule has 2 rings (SSSR count). The van der Waals surface area contributed by atoms with E-state index in [0.29, 0.717) is 24.8 Å². The molecule has 2 unspecified atom stereocenters. The van der Waals surface area contributed by atoms with Crippen molar-refractivity contribution < 1.29 is 9.53 Å². The molecule has 1 fully saturated rings. The Morgan fingerprint density at radius 3 is 2.65 bits per heavy atom. The van der Waals surface area contributed by atoms with Gasteiger partial charge in [0, 0.05) is 44.8 Å². The van der Waals surface area contributed by atoms with E-state index in [4.69, 9.17) is 4.74 Å². The molecule has 0 spiro atoms. The topological polar surface area (TPSA) is 74.8 Å². The first-order valence-electron chi connectivity index (χ1n) is 11.1. The summed E-state index contributed by atoms with van der Waals surface area (Å²) in [4.78, 5) is 16.4. The maximum Gasteiger partial charge on any atom is 0.224 e. The highest BCUT2D eigenvalue weighted by Gasteiger charge is 2.35. The molecule has 1 aliphatic heterocycles. The number of nitrogens with one attached hydrogen (secondary N) is 3. The minimum Gasteiger partial charge on any atom is -0.377 e. The molecule has 7 heteroatoms. The van der Waals surface area contributed by atoms with E-state index in [2.05, 4.69) is 41.7 Å². The number of nitrogens with zero attached hydrogens (tertiary/aromatic N) is 1. The Bertz CT molecular complexity index is 716. The molecule has 1 aromatic carbocycles. The molecule has 0 aromatic heterocycles. The van der Waals surface area contributed by atoms with Crippen LogP contribution in [0.4, 0.5) is 5.69 Å². The number of halogens is 1. The second-order valence-electron chi connectivity index (χ2n) is 9.71. The first-order chi connectivity index (χ1) is 14.2. The third-order valence-corrected chi connectivity index (χ3v) is 5.32. The highest BCUT2D eigenvalue weighted by molar-refractivity contribution is 14.0. The number of rotatable bonds is 7. The summed E-state index contributed by atoms with van der Waals surface area (Å²) in [7, 11) is 1.79. The minimum absolute atomic E-state index is 0. The van der Waals surface area contributed by atoms with Crippen molar-refractivity contribution in [3.8, 4) is 0 Å². The minimum atomic E-state index is 0. The molecule has 3 N–H and O–H groups in total. The fourth-order valence-electron chi connectivity index (χ4n) is 3.99.